The van der Waals surface area contributed by atoms with E-state index in [1.165, 1.54) is 0 Å². The van der Waals surface area contributed by atoms with Crippen molar-refractivity contribution in [3.05, 3.63) is 65.9 Å². The molecule has 0 bridgehead atoms. The Morgan fingerprint density at radius 3 is 2.77 bits per heavy atom. The summed E-state index contributed by atoms with van der Waals surface area (Å²) in [5.74, 6) is 1.53. The Bertz CT molecular complexity index is 1030. The molecule has 1 aromatic heterocycles. The minimum absolute atomic E-state index is 0.00593. The van der Waals surface area contributed by atoms with E-state index in [4.69, 9.17) is 16.3 Å². The topological polar surface area (TPSA) is 67.3 Å². The SMILES string of the molecule is COc1ccc(-c2cc(N3CCCC(C(=O)Nc4cccc(Cl)c4)C3)ncn2)cc1. The second-order valence-corrected chi connectivity index (χ2v) is 7.71. The Hall–Kier alpha value is -3.12. The highest BCUT2D eigenvalue weighted by Gasteiger charge is 2.27. The highest BCUT2D eigenvalue weighted by molar-refractivity contribution is 6.30. The van der Waals surface area contributed by atoms with E-state index in [1.807, 2.05) is 42.5 Å². The molecular formula is C23H23ClN4O2. The number of hydrogen-bond acceptors (Lipinski definition) is 5. The van der Waals surface area contributed by atoms with Crippen molar-refractivity contribution >= 4 is 29.0 Å². The van der Waals surface area contributed by atoms with Gasteiger partial charge in [-0.3, -0.25) is 4.79 Å². The minimum atomic E-state index is -0.114. The quantitative estimate of drug-likeness (QED) is 0.647. The van der Waals surface area contributed by atoms with Crippen molar-refractivity contribution in [2.24, 2.45) is 5.92 Å². The molecule has 0 spiro atoms. The van der Waals surface area contributed by atoms with Crippen LogP contribution in [0.5, 0.6) is 5.75 Å². The first kappa shape index (κ1) is 20.2. The van der Waals surface area contributed by atoms with Gasteiger partial charge in [0.05, 0.1) is 18.7 Å². The van der Waals surface area contributed by atoms with Crippen molar-refractivity contribution in [1.82, 2.24) is 9.97 Å². The van der Waals surface area contributed by atoms with Gasteiger partial charge in [0, 0.05) is 35.4 Å². The highest BCUT2D eigenvalue weighted by atomic mass is 35.5. The number of ether oxygens (including phenoxy) is 1. The monoisotopic (exact) mass is 422 g/mol. The number of nitrogens with one attached hydrogen (secondary N) is 1. The third-order valence-electron chi connectivity index (χ3n) is 5.25. The number of nitrogens with zero attached hydrogens (tertiary/aromatic N) is 3. The van der Waals surface area contributed by atoms with Gasteiger partial charge in [-0.15, -0.1) is 0 Å². The third kappa shape index (κ3) is 4.71. The van der Waals surface area contributed by atoms with Gasteiger partial charge in [-0.25, -0.2) is 9.97 Å². The minimum Gasteiger partial charge on any atom is -0.497 e. The van der Waals surface area contributed by atoms with Crippen LogP contribution in [0.3, 0.4) is 0 Å². The Morgan fingerprint density at radius 1 is 1.17 bits per heavy atom. The Balaban J connectivity index is 1.47. The molecule has 1 amide bonds. The molecule has 4 rings (SSSR count). The maximum atomic E-state index is 12.8. The second kappa shape index (κ2) is 9.13. The average molecular weight is 423 g/mol. The number of methoxy groups -OCH3 is 1. The van der Waals surface area contributed by atoms with E-state index >= 15 is 0 Å². The molecule has 154 valence electrons. The predicted molar refractivity (Wildman–Crippen MR) is 119 cm³/mol. The van der Waals surface area contributed by atoms with Crippen LogP contribution >= 0.6 is 11.6 Å². The molecule has 1 atom stereocenters. The number of halogens is 1. The van der Waals surface area contributed by atoms with Gasteiger partial charge in [-0.1, -0.05) is 17.7 Å². The van der Waals surface area contributed by atoms with E-state index < -0.39 is 0 Å². The maximum Gasteiger partial charge on any atom is 0.229 e. The fourth-order valence-electron chi connectivity index (χ4n) is 3.65. The number of amides is 1. The van der Waals surface area contributed by atoms with Gasteiger partial charge < -0.3 is 15.0 Å². The average Bonchev–Trinajstić information content (AvgIpc) is 2.79. The van der Waals surface area contributed by atoms with Gasteiger partial charge in [-0.05, 0) is 55.3 Å². The summed E-state index contributed by atoms with van der Waals surface area (Å²) >= 11 is 6.02. The van der Waals surface area contributed by atoms with Gasteiger partial charge >= 0.3 is 0 Å². The van der Waals surface area contributed by atoms with Crippen LogP contribution in [0.2, 0.25) is 5.02 Å². The van der Waals surface area contributed by atoms with Crippen LogP contribution in [0.25, 0.3) is 11.3 Å². The Morgan fingerprint density at radius 2 is 2.00 bits per heavy atom. The number of carbonyl (C=O) groups is 1. The first-order valence-electron chi connectivity index (χ1n) is 9.90. The largest absolute Gasteiger partial charge is 0.497 e. The molecule has 2 heterocycles. The van der Waals surface area contributed by atoms with Crippen molar-refractivity contribution in [1.29, 1.82) is 0 Å². The molecule has 0 aliphatic carbocycles. The molecule has 1 unspecified atom stereocenters. The summed E-state index contributed by atoms with van der Waals surface area (Å²) in [6, 6.07) is 17.0. The lowest BCUT2D eigenvalue weighted by atomic mass is 9.97. The standard InChI is InChI=1S/C23H23ClN4O2/c1-30-20-9-7-16(8-10-20)21-13-22(26-15-25-21)28-11-3-4-17(14-28)23(29)27-19-6-2-5-18(24)12-19/h2,5-10,12-13,15,17H,3-4,11,14H2,1H3,(H,27,29). The molecule has 1 saturated heterocycles. The zero-order chi connectivity index (χ0) is 20.9. The number of benzene rings is 2. The van der Waals surface area contributed by atoms with Gasteiger partial charge in [-0.2, -0.15) is 0 Å². The molecular weight excluding hydrogens is 400 g/mol. The van der Waals surface area contributed by atoms with Gasteiger partial charge in [0.2, 0.25) is 5.91 Å². The van der Waals surface area contributed by atoms with E-state index in [0.29, 0.717) is 17.3 Å². The van der Waals surface area contributed by atoms with Crippen molar-refractivity contribution in [2.45, 2.75) is 12.8 Å². The van der Waals surface area contributed by atoms with Gasteiger partial charge in [0.1, 0.15) is 17.9 Å². The fourth-order valence-corrected chi connectivity index (χ4v) is 3.84. The number of hydrogen-bond donors (Lipinski definition) is 1. The van der Waals surface area contributed by atoms with Crippen molar-refractivity contribution in [2.75, 3.05) is 30.4 Å². The third-order valence-corrected chi connectivity index (χ3v) is 5.48. The summed E-state index contributed by atoms with van der Waals surface area (Å²) < 4.78 is 5.22. The van der Waals surface area contributed by atoms with Gasteiger partial charge in [0.25, 0.3) is 0 Å². The first-order chi connectivity index (χ1) is 14.6. The molecule has 3 aromatic rings. The Kier molecular flexibility index (Phi) is 6.14. The Labute approximate surface area is 180 Å². The molecule has 30 heavy (non-hydrogen) atoms. The van der Waals surface area contributed by atoms with E-state index in [9.17, 15) is 4.79 Å². The number of anilines is 2. The fraction of sp³-hybridized carbons (Fsp3) is 0.261. The summed E-state index contributed by atoms with van der Waals surface area (Å²) in [7, 11) is 1.65. The molecule has 2 aromatic carbocycles. The molecule has 1 fully saturated rings. The van der Waals surface area contributed by atoms with Crippen molar-refractivity contribution in [3.63, 3.8) is 0 Å². The summed E-state index contributed by atoms with van der Waals surface area (Å²) in [6.07, 6.45) is 3.35. The molecule has 0 radical (unpaired) electrons. The zero-order valence-corrected chi connectivity index (χ0v) is 17.5. The zero-order valence-electron chi connectivity index (χ0n) is 16.7. The number of carbonyl (C=O) groups excluding carboxylic acids is 1. The van der Waals surface area contributed by atoms with Crippen LogP contribution in [-0.2, 0) is 4.79 Å². The van der Waals surface area contributed by atoms with Crippen molar-refractivity contribution < 1.29 is 9.53 Å². The van der Waals surface area contributed by atoms with Crippen LogP contribution in [0, 0.1) is 5.92 Å². The molecule has 6 nitrogen and oxygen atoms in total. The molecule has 1 aliphatic rings. The van der Waals surface area contributed by atoms with Crippen LogP contribution < -0.4 is 15.0 Å². The summed E-state index contributed by atoms with van der Waals surface area (Å²) in [6.45, 7) is 1.48. The van der Waals surface area contributed by atoms with E-state index in [0.717, 1.165) is 42.2 Å². The van der Waals surface area contributed by atoms with Crippen LogP contribution in [0.15, 0.2) is 60.9 Å². The van der Waals surface area contributed by atoms with Crippen LogP contribution in [-0.4, -0.2) is 36.1 Å². The highest BCUT2D eigenvalue weighted by Crippen LogP contribution is 2.27. The maximum absolute atomic E-state index is 12.8. The van der Waals surface area contributed by atoms with Crippen LogP contribution in [0.4, 0.5) is 11.5 Å². The van der Waals surface area contributed by atoms with Crippen molar-refractivity contribution in [3.8, 4) is 17.0 Å². The van der Waals surface area contributed by atoms with E-state index in [-0.39, 0.29) is 11.8 Å². The van der Waals surface area contributed by atoms with Gasteiger partial charge in [0.15, 0.2) is 0 Å². The summed E-state index contributed by atoms with van der Waals surface area (Å²) in [5.41, 5.74) is 2.55. The number of piperidine rings is 1. The van der Waals surface area contributed by atoms with E-state index in [2.05, 4.69) is 20.2 Å². The van der Waals surface area contributed by atoms with Crippen LogP contribution in [0.1, 0.15) is 12.8 Å². The number of rotatable bonds is 5. The van der Waals surface area contributed by atoms with E-state index in [1.54, 1.807) is 25.6 Å². The molecule has 1 N–H and O–H groups in total. The summed E-state index contributed by atoms with van der Waals surface area (Å²) in [5, 5.41) is 3.58. The lowest BCUT2D eigenvalue weighted by Gasteiger charge is -2.33. The number of aromatic nitrogens is 2. The molecule has 0 saturated carbocycles. The lowest BCUT2D eigenvalue weighted by molar-refractivity contribution is -0.120. The molecule has 7 heteroatoms. The molecule has 1 aliphatic heterocycles. The first-order valence-corrected chi connectivity index (χ1v) is 10.3. The normalized spacial score (nSPS) is 16.2. The smallest absolute Gasteiger partial charge is 0.229 e. The summed E-state index contributed by atoms with van der Waals surface area (Å²) in [4.78, 5) is 23.8. The predicted octanol–water partition coefficient (Wildman–Crippen LogP) is 4.66. The lowest BCUT2D eigenvalue weighted by Crippen LogP contribution is -2.41. The second-order valence-electron chi connectivity index (χ2n) is 7.27.